The first-order valence-corrected chi connectivity index (χ1v) is 19.4. The second-order valence-electron chi connectivity index (χ2n) is 11.5. The molecule has 49 heavy (non-hydrogen) atoms. The molecule has 4 atom stereocenters. The number of ether oxygens (including phenoxy) is 4. The summed E-state index contributed by atoms with van der Waals surface area (Å²) in [5, 5.41) is 0. The van der Waals surface area contributed by atoms with Crippen LogP contribution in [0.5, 0.6) is 11.5 Å². The molecular weight excluding hydrogens is 682 g/mol. The maximum atomic E-state index is 13.0. The van der Waals surface area contributed by atoms with Crippen LogP contribution in [0.1, 0.15) is 34.9 Å². The normalized spacial score (nSPS) is 18.9. The second kappa shape index (κ2) is 14.8. The molecule has 0 radical (unpaired) electrons. The predicted molar refractivity (Wildman–Crippen MR) is 193 cm³/mol. The zero-order valence-electron chi connectivity index (χ0n) is 27.2. The lowest BCUT2D eigenvalue weighted by Crippen LogP contribution is -2.39. The Morgan fingerprint density at radius 1 is 0.898 bits per heavy atom. The zero-order chi connectivity index (χ0) is 34.6. The van der Waals surface area contributed by atoms with Crippen molar-refractivity contribution in [2.75, 3.05) is 20.8 Å². The number of nitrogens with zero attached hydrogens (tertiary/aromatic N) is 2. The Balaban J connectivity index is 1.43. The molecule has 13 heteroatoms. The van der Waals surface area contributed by atoms with E-state index in [1.807, 2.05) is 109 Å². The fourth-order valence-corrected chi connectivity index (χ4v) is 8.56. The molecule has 0 amide bonds. The molecule has 5 aromatic rings. The number of aromatic amines is 1. The molecule has 1 aliphatic rings. The first-order valence-electron chi connectivity index (χ1n) is 15.6. The van der Waals surface area contributed by atoms with Gasteiger partial charge in [0.25, 0.3) is 5.56 Å². The van der Waals surface area contributed by atoms with Crippen molar-refractivity contribution < 1.29 is 27.8 Å². The standard InChI is InChI=1S/C36H36N3O7PS2/c1-25-23-39(35(41)37-34(25)40)33-22-31(46-47(48,49)38-20-8-5-9-21-38)32(45-33)24-44-36(26-10-6-4-7-11-26,27-12-16-29(42-2)17-13-27)28-14-18-30(43-3)19-15-28/h4-21,23,31-33H,22,24H2,1-3H3,(H-,37,40,41,48,49)/p+1/t31-,32+,33+/m0/s1. The maximum Gasteiger partial charge on any atom is 0.376 e. The molecule has 0 saturated carbocycles. The van der Waals surface area contributed by atoms with Gasteiger partial charge in [0.15, 0.2) is 12.4 Å². The summed E-state index contributed by atoms with van der Waals surface area (Å²) in [5.41, 5.74) is -2.10. The number of hydrogen-bond acceptors (Lipinski definition) is 8. The number of pyridine rings is 1. The van der Waals surface area contributed by atoms with Gasteiger partial charge in [-0.25, -0.2) is 4.79 Å². The third kappa shape index (κ3) is 7.30. The van der Waals surface area contributed by atoms with E-state index < -0.39 is 40.9 Å². The van der Waals surface area contributed by atoms with Gasteiger partial charge in [-0.15, -0.1) is 0 Å². The number of H-pyrrole nitrogens is 1. The Kier molecular flexibility index (Phi) is 10.5. The van der Waals surface area contributed by atoms with Crippen molar-refractivity contribution in [3.63, 3.8) is 0 Å². The number of methoxy groups -OCH3 is 2. The van der Waals surface area contributed by atoms with Gasteiger partial charge in [0.2, 0.25) is 0 Å². The Morgan fingerprint density at radius 2 is 1.45 bits per heavy atom. The lowest BCUT2D eigenvalue weighted by atomic mass is 9.80. The van der Waals surface area contributed by atoms with Gasteiger partial charge in [0.05, 0.1) is 20.8 Å². The molecule has 0 aliphatic carbocycles. The van der Waals surface area contributed by atoms with Gasteiger partial charge < -0.3 is 18.9 Å². The summed E-state index contributed by atoms with van der Waals surface area (Å²) >= 11 is 10.8. The number of aryl methyl sites for hydroxylation is 1. The summed E-state index contributed by atoms with van der Waals surface area (Å²) in [5.74, 6) is 1.41. The first kappa shape index (κ1) is 34.8. The summed E-state index contributed by atoms with van der Waals surface area (Å²) in [6, 6.07) is 31.0. The minimum atomic E-state index is -2.90. The van der Waals surface area contributed by atoms with Crippen molar-refractivity contribution in [1.29, 1.82) is 0 Å². The van der Waals surface area contributed by atoms with Crippen LogP contribution >= 0.6 is 17.9 Å². The number of nitrogens with one attached hydrogen (secondary N) is 1. The molecule has 1 saturated heterocycles. The van der Waals surface area contributed by atoms with Crippen LogP contribution in [0, 0.1) is 6.92 Å². The first-order chi connectivity index (χ1) is 23.6. The van der Waals surface area contributed by atoms with E-state index in [0.717, 1.165) is 16.7 Å². The van der Waals surface area contributed by atoms with Gasteiger partial charge in [-0.3, -0.25) is 18.9 Å². The van der Waals surface area contributed by atoms with Crippen molar-refractivity contribution in [3.05, 3.63) is 159 Å². The van der Waals surface area contributed by atoms with Gasteiger partial charge in [-0.2, -0.15) is 4.34 Å². The highest BCUT2D eigenvalue weighted by atomic mass is 32.9. The monoisotopic (exact) mass is 718 g/mol. The molecule has 0 bridgehead atoms. The smallest absolute Gasteiger partial charge is 0.376 e. The Hall–Kier alpha value is -4.03. The highest BCUT2D eigenvalue weighted by molar-refractivity contribution is 8.59. The van der Waals surface area contributed by atoms with Gasteiger partial charge in [0, 0.05) is 42.1 Å². The molecule has 2 aromatic heterocycles. The average Bonchev–Trinajstić information content (AvgIpc) is 3.52. The molecule has 3 aromatic carbocycles. The van der Waals surface area contributed by atoms with E-state index in [2.05, 4.69) is 4.98 Å². The fraction of sp³-hybridized carbons (Fsp3) is 0.250. The van der Waals surface area contributed by atoms with E-state index in [4.69, 9.17) is 47.5 Å². The number of hydrogen-bond donors (Lipinski definition) is 2. The number of aromatic nitrogens is 3. The minimum Gasteiger partial charge on any atom is -0.497 e. The maximum absolute atomic E-state index is 13.0. The van der Waals surface area contributed by atoms with Gasteiger partial charge >= 0.3 is 11.3 Å². The zero-order valence-corrected chi connectivity index (χ0v) is 29.8. The van der Waals surface area contributed by atoms with Crippen molar-refractivity contribution in [2.45, 2.75) is 37.4 Å². The van der Waals surface area contributed by atoms with Crippen molar-refractivity contribution in [2.24, 2.45) is 0 Å². The van der Waals surface area contributed by atoms with Gasteiger partial charge in [0.1, 0.15) is 35.5 Å². The second-order valence-corrected chi connectivity index (χ2v) is 17.1. The molecule has 1 unspecified atom stereocenters. The highest BCUT2D eigenvalue weighted by Gasteiger charge is 2.45. The average molecular weight is 719 g/mol. The van der Waals surface area contributed by atoms with Crippen LogP contribution in [-0.2, 0) is 31.4 Å². The Morgan fingerprint density at radius 3 is 2.02 bits per heavy atom. The fourth-order valence-electron chi connectivity index (χ4n) is 6.00. The third-order valence-electron chi connectivity index (χ3n) is 8.54. The molecule has 1 fully saturated rings. The predicted octanol–water partition coefficient (Wildman–Crippen LogP) is 5.53. The van der Waals surface area contributed by atoms with Crippen molar-refractivity contribution in [1.82, 2.24) is 9.55 Å². The molecule has 0 spiro atoms. The number of benzene rings is 3. The summed E-state index contributed by atoms with van der Waals surface area (Å²) in [6.45, 7) is 1.67. The van der Waals surface area contributed by atoms with Crippen LogP contribution in [0.15, 0.2) is 125 Å². The van der Waals surface area contributed by atoms with E-state index in [1.54, 1.807) is 25.5 Å². The van der Waals surface area contributed by atoms with Crippen LogP contribution < -0.4 is 25.1 Å². The lowest BCUT2D eigenvalue weighted by molar-refractivity contribution is -0.518. The SMILES string of the molecule is COc1ccc(C(OC[C@H]2O[C@@H](n3cc(C)c(=O)[nH]c3=O)C[C@@H]2OP(=S)(S)[n+]2ccccc2)(c2ccccc2)c2ccc(OC)cc2)cc1. The molecule has 6 rings (SSSR count). The molecular formula is C36H37N3O7PS2+. The van der Waals surface area contributed by atoms with Gasteiger partial charge in [-0.05, 0) is 60.1 Å². The van der Waals surface area contributed by atoms with Gasteiger partial charge in [-0.1, -0.05) is 60.7 Å². The topological polar surface area (TPSA) is 105 Å². The number of rotatable bonds is 12. The van der Waals surface area contributed by atoms with E-state index in [9.17, 15) is 9.59 Å². The van der Waals surface area contributed by atoms with E-state index >= 15 is 0 Å². The largest absolute Gasteiger partial charge is 0.497 e. The molecule has 1 aliphatic heterocycles. The molecule has 3 heterocycles. The van der Waals surface area contributed by atoms with E-state index in [-0.39, 0.29) is 13.0 Å². The van der Waals surface area contributed by atoms with Crippen LogP contribution in [0.2, 0.25) is 0 Å². The van der Waals surface area contributed by atoms with Crippen LogP contribution in [0.3, 0.4) is 0 Å². The minimum absolute atomic E-state index is 0.0355. The quantitative estimate of drug-likeness (QED) is 0.0987. The summed E-state index contributed by atoms with van der Waals surface area (Å²) in [7, 11) is 3.25. The summed E-state index contributed by atoms with van der Waals surface area (Å²) in [6.07, 6.45) is 3.31. The molecule has 10 nitrogen and oxygen atoms in total. The molecule has 254 valence electrons. The van der Waals surface area contributed by atoms with Crippen LogP contribution in [0.4, 0.5) is 0 Å². The van der Waals surface area contributed by atoms with Crippen molar-refractivity contribution in [3.8, 4) is 11.5 Å². The summed E-state index contributed by atoms with van der Waals surface area (Å²) < 4.78 is 34.4. The van der Waals surface area contributed by atoms with E-state index in [1.165, 1.54) is 10.8 Å². The highest BCUT2D eigenvalue weighted by Crippen LogP contribution is 2.51. The van der Waals surface area contributed by atoms with E-state index in [0.29, 0.717) is 17.1 Å². The lowest BCUT2D eigenvalue weighted by Gasteiger charge is -2.37. The van der Waals surface area contributed by atoms with Crippen molar-refractivity contribution >= 4 is 29.7 Å². The number of thiol groups is 1. The Bertz CT molecular complexity index is 1990. The Labute approximate surface area is 294 Å². The van der Waals surface area contributed by atoms with Crippen LogP contribution in [-0.4, -0.2) is 42.6 Å². The van der Waals surface area contributed by atoms with Crippen LogP contribution in [0.25, 0.3) is 0 Å². The molecule has 1 N–H and O–H groups in total. The third-order valence-corrected chi connectivity index (χ3v) is 11.7. The summed E-state index contributed by atoms with van der Waals surface area (Å²) in [4.78, 5) is 27.5.